The average Bonchev–Trinajstić information content (AvgIpc) is 0.798. The van der Waals surface area contributed by atoms with Crippen molar-refractivity contribution in [1.29, 1.82) is 0 Å². The minimum absolute atomic E-state index is 0.0253. The van der Waals surface area contributed by atoms with Crippen LogP contribution >= 0.6 is 12.3 Å². The third-order valence-corrected chi connectivity index (χ3v) is 19.7. The van der Waals surface area contributed by atoms with Crippen LogP contribution in [0, 0.1) is 5.92 Å². The van der Waals surface area contributed by atoms with E-state index in [0.29, 0.717) is 18.6 Å². The van der Waals surface area contributed by atoms with Gasteiger partial charge in [0.05, 0.1) is 127 Å². The Kier molecular flexibility index (Phi) is 41.3. The summed E-state index contributed by atoms with van der Waals surface area (Å²) < 4.78 is 276. The highest BCUT2D eigenvalue weighted by molar-refractivity contribution is 7.89. The van der Waals surface area contributed by atoms with Crippen LogP contribution < -0.4 is 20.6 Å². The number of carboxylic acids is 3. The second kappa shape index (κ2) is 48.7. The summed E-state index contributed by atoms with van der Waals surface area (Å²) in [6.45, 7) is -1.98. The summed E-state index contributed by atoms with van der Waals surface area (Å²) in [7, 11) is -29.9. The van der Waals surface area contributed by atoms with E-state index in [-0.39, 0.29) is 89.9 Å². The van der Waals surface area contributed by atoms with Crippen molar-refractivity contribution >= 4 is 92.6 Å². The fourth-order valence-electron chi connectivity index (χ4n) is 11.3. The average molecular weight is 1780 g/mol. The first-order valence-electron chi connectivity index (χ1n) is 34.1. The van der Waals surface area contributed by atoms with Gasteiger partial charge >= 0.3 is 0 Å². The van der Waals surface area contributed by atoms with Crippen LogP contribution in [0.5, 0.6) is 0 Å². The van der Waals surface area contributed by atoms with Crippen LogP contribution in [0.3, 0.4) is 0 Å². The smallest absolute Gasteiger partial charge is 0.218 e. The Balaban J connectivity index is 0.000000227. The van der Waals surface area contributed by atoms with E-state index in [2.05, 4.69) is 34.5 Å². The maximum atomic E-state index is 11.3. The van der Waals surface area contributed by atoms with Crippen LogP contribution in [-0.2, 0) is 191 Å². The van der Waals surface area contributed by atoms with Crippen molar-refractivity contribution in [1.82, 2.24) is 0 Å². The zero-order valence-electron chi connectivity index (χ0n) is 60.2. The van der Waals surface area contributed by atoms with Crippen LogP contribution in [-0.4, -0.2) is 221 Å². The van der Waals surface area contributed by atoms with Gasteiger partial charge in [-0.05, 0) is 47.1 Å². The predicted octanol–water partition coefficient (Wildman–Crippen LogP) is -2.43. The van der Waals surface area contributed by atoms with Gasteiger partial charge in [0.2, 0.25) is 62.4 Å². The summed E-state index contributed by atoms with van der Waals surface area (Å²) in [6, 6.07) is 45.4. The van der Waals surface area contributed by atoms with Crippen LogP contribution in [0.25, 0.3) is 0 Å². The predicted molar refractivity (Wildman–Crippen MR) is 369 cm³/mol. The molecule has 9 unspecified atom stereocenters. The molecule has 4 saturated heterocycles. The molecule has 0 amide bonds. The number of ether oxygens (including phenoxy) is 9. The summed E-state index contributed by atoms with van der Waals surface area (Å²) in [5, 5.41) is 45.9. The van der Waals surface area contributed by atoms with Gasteiger partial charge < -0.3 is 105 Å². The summed E-state index contributed by atoms with van der Waals surface area (Å²) >= 11 is -0.0426. The van der Waals surface area contributed by atoms with E-state index < -0.39 is 179 Å². The third kappa shape index (κ3) is 40.5. The van der Waals surface area contributed by atoms with E-state index in [1.54, 1.807) is 103 Å². The molecule has 0 radical (unpaired) electrons. The molecule has 5 aromatic rings. The highest BCUT2D eigenvalue weighted by Gasteiger charge is 2.46. The van der Waals surface area contributed by atoms with E-state index in [4.69, 9.17) is 46.8 Å². The lowest BCUT2D eigenvalue weighted by Crippen LogP contribution is -2.60. The maximum absolute atomic E-state index is 11.3. The zero-order chi connectivity index (χ0) is 85.1. The van der Waals surface area contributed by atoms with Crippen LogP contribution in [0.2, 0.25) is 0 Å². The summed E-state index contributed by atoms with van der Waals surface area (Å²) in [5.41, 5.74) is 4.19. The molecule has 43 nitrogen and oxygen atoms in total. The van der Waals surface area contributed by atoms with Gasteiger partial charge in [0.1, 0.15) is 42.7 Å². The molecule has 0 bridgehead atoms. The van der Waals surface area contributed by atoms with Crippen molar-refractivity contribution in [2.45, 2.75) is 163 Å². The fraction of sp³-hybridized carbons (Fsp3) is 0.500. The molecule has 1 aliphatic carbocycles. The van der Waals surface area contributed by atoms with Gasteiger partial charge in [-0.25, -0.2) is 50.5 Å². The quantitative estimate of drug-likeness (QED) is 0.0100. The Bertz CT molecular complexity index is 4330. The number of carbonyl (C=O) groups excluding carboxylic acids is 3. The Hall–Kier alpha value is -6.44. The topological polar surface area (TPSA) is 653 Å². The molecule has 116 heavy (non-hydrogen) atoms. The van der Waals surface area contributed by atoms with E-state index in [1.807, 2.05) is 48.5 Å². The van der Waals surface area contributed by atoms with Gasteiger partial charge in [0.25, 0.3) is 0 Å². The van der Waals surface area contributed by atoms with E-state index in [1.165, 1.54) is 0 Å². The minimum atomic E-state index is -5.17. The normalized spacial score (nSPS) is 25.3. The first-order chi connectivity index (χ1) is 54.7. The molecule has 0 spiro atoms. The fourth-order valence-corrected chi connectivity index (χ4v) is 14.2. The summed E-state index contributed by atoms with van der Waals surface area (Å²) in [4.78, 5) is 32.9. The number of carbonyl (C=O) groups is 3. The largest absolute Gasteiger partial charge is 0.726 e. The zero-order valence-corrected chi connectivity index (χ0v) is 65.9. The Morgan fingerprint density at radius 2 is 0.716 bits per heavy atom. The van der Waals surface area contributed by atoms with Crippen molar-refractivity contribution in [3.8, 4) is 0 Å². The second-order valence-corrected chi connectivity index (χ2v) is 31.6. The molecule has 5 fully saturated rings. The number of hydrogen-bond acceptors (Lipinski definition) is 44. The molecular formula is C66H76O43S7-10. The monoisotopic (exact) mass is 1780 g/mol. The molecule has 15 atom stereocenters. The molecular weight excluding hydrogens is 1710 g/mol. The molecule has 5 aliphatic rings. The van der Waals surface area contributed by atoms with Crippen LogP contribution in [0.15, 0.2) is 152 Å². The van der Waals surface area contributed by atoms with Crippen molar-refractivity contribution in [3.05, 3.63) is 179 Å². The standard InChI is InChI=1S/C14H18O3.C13H16O12S2.2C13H18O10S2.C13H16O8S/c15-14(16)12-7-4-8-13(9-12)17-10-11-5-2-1-3-6-11;14-13(15)12-11(22-26-25-24-16)10(9(7-21-12)23-27(17,18)19)20-6-8-4-2-1-3-5-8;2*14-24(15,16)22-8-11-6-12(13(9-20-11)23-25(17,18)19)21-7-10-4-2-1-3-5-10;14-13(15)11-6-10(12(8-20-11)21-22(16,17)18)19-7-9-4-2-1-3-5-9/h1-3,5-6,12-13H,4,7-10H2,(H,15,16);1-5,9-12,16H,6-7H2,(H,14,15)(H,17,18,19);2*1-5,11-13H,6-9H2,(H,14,15,16)(H,17,18,19);1-5,10-12H,6-8H2,(H,14,15)(H,16,17,18)/p-10/t12?,13-;9?,10-,11+,12?;2*11?,12-,13?;10-,11?,12?/m00111/s1. The lowest BCUT2D eigenvalue weighted by molar-refractivity contribution is -0.777. The molecule has 4 heterocycles. The summed E-state index contributed by atoms with van der Waals surface area (Å²) in [6.07, 6.45) is -12.3. The van der Waals surface area contributed by atoms with Crippen molar-refractivity contribution < 1.29 is 194 Å². The molecule has 0 N–H and O–H groups in total. The molecule has 10 rings (SSSR count). The van der Waals surface area contributed by atoms with Gasteiger partial charge in [0, 0.05) is 31.1 Å². The lowest BCUT2D eigenvalue weighted by Gasteiger charge is -2.41. The SMILES string of the molecule is O=C([O-])C1CCC[C@H](OCc2ccccc2)C1.O=C([O-])C1C[C@@H](OCc2ccccc2)C(OS(=O)(=O)[O-])CO1.O=C([O-])C1OCC(OS(=O)(=O)[O-])[C@H](OCc2ccccc2)[C@H]1OSOO[O-].O=S(=O)([O-])OCC1C[C@@H](OCc2ccccc2)C(OS(=O)(=O)[O-])CO1.O=S(=O)([O-])OCC1C[C@@H](OCc2ccccc2)C(OS(=O)(=O)[O-])CO1. The number of hydrogen-bond donors (Lipinski definition) is 0. The molecule has 4 aliphatic heterocycles. The number of benzene rings is 5. The highest BCUT2D eigenvalue weighted by atomic mass is 32.3. The van der Waals surface area contributed by atoms with E-state index in [9.17, 15) is 113 Å². The van der Waals surface area contributed by atoms with Crippen LogP contribution in [0.4, 0.5) is 0 Å². The Labute approximate surface area is 671 Å². The molecule has 50 heteroatoms. The van der Waals surface area contributed by atoms with E-state index >= 15 is 0 Å². The lowest BCUT2D eigenvalue weighted by atomic mass is 9.87. The molecule has 5 aromatic carbocycles. The van der Waals surface area contributed by atoms with Gasteiger partial charge in [-0.15, -0.1) is 4.33 Å². The molecule has 1 saturated carbocycles. The highest BCUT2D eigenvalue weighted by Crippen LogP contribution is 2.31. The second-order valence-electron chi connectivity index (χ2n) is 25.0. The number of aliphatic carboxylic acids is 3. The van der Waals surface area contributed by atoms with Gasteiger partial charge in [0.15, 0.2) is 12.3 Å². The Morgan fingerprint density at radius 3 is 1.06 bits per heavy atom. The van der Waals surface area contributed by atoms with Gasteiger partial charge in [-0.1, -0.05) is 158 Å². The van der Waals surface area contributed by atoms with Crippen molar-refractivity contribution in [2.24, 2.45) is 5.92 Å². The maximum Gasteiger partial charge on any atom is 0.218 e. The molecule has 650 valence electrons. The van der Waals surface area contributed by atoms with Crippen LogP contribution in [0.1, 0.15) is 72.8 Å². The van der Waals surface area contributed by atoms with Crippen molar-refractivity contribution in [3.63, 3.8) is 0 Å². The number of rotatable bonds is 36. The van der Waals surface area contributed by atoms with Gasteiger partial charge in [-0.2, -0.15) is 0 Å². The molecule has 0 aromatic heterocycles. The van der Waals surface area contributed by atoms with Crippen molar-refractivity contribution in [2.75, 3.05) is 39.6 Å². The van der Waals surface area contributed by atoms with E-state index in [0.717, 1.165) is 41.5 Å². The Morgan fingerprint density at radius 1 is 0.371 bits per heavy atom. The number of carboxylic acid groups (broad SMARTS) is 3. The third-order valence-electron chi connectivity index (χ3n) is 16.5. The first-order valence-corrected chi connectivity index (χ1v) is 42.8. The van der Waals surface area contributed by atoms with Gasteiger partial charge in [-0.3, -0.25) is 34.3 Å². The minimum Gasteiger partial charge on any atom is -0.726 e. The summed E-state index contributed by atoms with van der Waals surface area (Å²) in [5.74, 6) is -4.40. The first kappa shape index (κ1) is 98.4.